The number of amides is 1. The number of rotatable bonds is 4. The first-order chi connectivity index (χ1) is 11.2. The third-order valence-corrected chi connectivity index (χ3v) is 3.02. The number of aromatic amines is 1. The van der Waals surface area contributed by atoms with Crippen molar-refractivity contribution in [2.75, 3.05) is 12.4 Å². The number of nitrogens with one attached hydrogen (secondary N) is 2. The summed E-state index contributed by atoms with van der Waals surface area (Å²) >= 11 is 0. The van der Waals surface area contributed by atoms with Gasteiger partial charge in [0, 0.05) is 17.8 Å². The van der Waals surface area contributed by atoms with Crippen LogP contribution in [-0.2, 0) is 0 Å². The van der Waals surface area contributed by atoms with Crippen LogP contribution in [0.15, 0.2) is 54.9 Å². The minimum Gasteiger partial charge on any atom is -0.495 e. The molecule has 7 heteroatoms. The molecule has 1 aromatic carbocycles. The van der Waals surface area contributed by atoms with Crippen molar-refractivity contribution in [2.45, 2.75) is 0 Å². The summed E-state index contributed by atoms with van der Waals surface area (Å²) in [6.45, 7) is 0. The first-order valence-corrected chi connectivity index (χ1v) is 6.83. The van der Waals surface area contributed by atoms with E-state index in [1.54, 1.807) is 49.8 Å². The molecule has 0 unspecified atom stereocenters. The van der Waals surface area contributed by atoms with E-state index in [-0.39, 0.29) is 0 Å². The standard InChI is InChI=1S/C16H14N4O3/c1-22-13-7-11(9-17-10-13)14-8-15(20-19-14)18-16(21)23-12-5-3-2-4-6-12/h2-10H,1H3,(H2,18,19,20,21). The molecular weight excluding hydrogens is 296 g/mol. The molecule has 0 atom stereocenters. The fourth-order valence-corrected chi connectivity index (χ4v) is 1.94. The Morgan fingerprint density at radius 1 is 1.13 bits per heavy atom. The highest BCUT2D eigenvalue weighted by atomic mass is 16.6. The Morgan fingerprint density at radius 2 is 1.96 bits per heavy atom. The second-order valence-electron chi connectivity index (χ2n) is 4.61. The van der Waals surface area contributed by atoms with Crippen molar-refractivity contribution in [3.63, 3.8) is 0 Å². The zero-order chi connectivity index (χ0) is 16.1. The molecule has 0 aliphatic carbocycles. The zero-order valence-electron chi connectivity index (χ0n) is 12.3. The van der Waals surface area contributed by atoms with E-state index in [9.17, 15) is 4.79 Å². The highest BCUT2D eigenvalue weighted by Gasteiger charge is 2.09. The van der Waals surface area contributed by atoms with Crippen molar-refractivity contribution in [1.29, 1.82) is 0 Å². The minimum atomic E-state index is -0.613. The van der Waals surface area contributed by atoms with Crippen LogP contribution in [0.4, 0.5) is 10.6 Å². The van der Waals surface area contributed by atoms with Crippen LogP contribution in [0.3, 0.4) is 0 Å². The molecular formula is C16H14N4O3. The van der Waals surface area contributed by atoms with E-state index in [4.69, 9.17) is 9.47 Å². The third kappa shape index (κ3) is 3.65. The topological polar surface area (TPSA) is 89.1 Å². The van der Waals surface area contributed by atoms with Gasteiger partial charge in [-0.1, -0.05) is 18.2 Å². The average Bonchev–Trinajstić information content (AvgIpc) is 3.04. The van der Waals surface area contributed by atoms with Crippen molar-refractivity contribution in [1.82, 2.24) is 15.2 Å². The molecule has 0 spiro atoms. The van der Waals surface area contributed by atoms with E-state index in [0.29, 0.717) is 23.0 Å². The van der Waals surface area contributed by atoms with E-state index in [2.05, 4.69) is 20.5 Å². The second-order valence-corrected chi connectivity index (χ2v) is 4.61. The number of hydrogen-bond acceptors (Lipinski definition) is 5. The molecule has 2 heterocycles. The number of aromatic nitrogens is 3. The van der Waals surface area contributed by atoms with Crippen LogP contribution in [0.5, 0.6) is 11.5 Å². The molecule has 1 amide bonds. The predicted octanol–water partition coefficient (Wildman–Crippen LogP) is 3.09. The Labute approximate surface area is 132 Å². The van der Waals surface area contributed by atoms with Gasteiger partial charge in [-0.25, -0.2) is 4.79 Å². The average molecular weight is 310 g/mol. The van der Waals surface area contributed by atoms with Gasteiger partial charge in [0.15, 0.2) is 5.82 Å². The molecule has 0 bridgehead atoms. The highest BCUT2D eigenvalue weighted by molar-refractivity contribution is 5.85. The minimum absolute atomic E-state index is 0.351. The SMILES string of the molecule is COc1cncc(-c2cc(NC(=O)Oc3ccccc3)n[nH]2)c1. The Hall–Kier alpha value is -3.35. The summed E-state index contributed by atoms with van der Waals surface area (Å²) in [5.41, 5.74) is 1.49. The molecule has 116 valence electrons. The summed E-state index contributed by atoms with van der Waals surface area (Å²) < 4.78 is 10.3. The van der Waals surface area contributed by atoms with Gasteiger partial charge in [-0.05, 0) is 18.2 Å². The molecule has 0 radical (unpaired) electrons. The van der Waals surface area contributed by atoms with Gasteiger partial charge in [0.1, 0.15) is 11.5 Å². The quantitative estimate of drug-likeness (QED) is 0.773. The molecule has 0 aliphatic heterocycles. The number of para-hydroxylation sites is 1. The number of carbonyl (C=O) groups excluding carboxylic acids is 1. The molecule has 0 aliphatic rings. The van der Waals surface area contributed by atoms with Crippen LogP contribution in [0, 0.1) is 0 Å². The predicted molar refractivity (Wildman–Crippen MR) is 84.5 cm³/mol. The maximum absolute atomic E-state index is 11.8. The number of pyridine rings is 1. The smallest absolute Gasteiger partial charge is 0.418 e. The summed E-state index contributed by atoms with van der Waals surface area (Å²) in [6, 6.07) is 12.3. The largest absolute Gasteiger partial charge is 0.495 e. The van der Waals surface area contributed by atoms with E-state index in [1.165, 1.54) is 0 Å². The summed E-state index contributed by atoms with van der Waals surface area (Å²) in [5, 5.41) is 9.40. The summed E-state index contributed by atoms with van der Waals surface area (Å²) in [4.78, 5) is 15.9. The number of H-pyrrole nitrogens is 1. The fraction of sp³-hybridized carbons (Fsp3) is 0.0625. The van der Waals surface area contributed by atoms with Crippen LogP contribution in [-0.4, -0.2) is 28.4 Å². The Morgan fingerprint density at radius 3 is 2.74 bits per heavy atom. The summed E-state index contributed by atoms with van der Waals surface area (Å²) in [5.74, 6) is 1.44. The maximum Gasteiger partial charge on any atom is 0.418 e. The summed E-state index contributed by atoms with van der Waals surface area (Å²) in [7, 11) is 1.57. The maximum atomic E-state index is 11.8. The van der Waals surface area contributed by atoms with Crippen molar-refractivity contribution in [2.24, 2.45) is 0 Å². The van der Waals surface area contributed by atoms with Crippen LogP contribution >= 0.6 is 0 Å². The molecule has 2 aromatic heterocycles. The van der Waals surface area contributed by atoms with Crippen molar-refractivity contribution in [3.8, 4) is 22.8 Å². The number of nitrogens with zero attached hydrogens (tertiary/aromatic N) is 2. The zero-order valence-corrected chi connectivity index (χ0v) is 12.3. The Balaban J connectivity index is 1.68. The van der Waals surface area contributed by atoms with Gasteiger partial charge in [-0.15, -0.1) is 0 Å². The lowest BCUT2D eigenvalue weighted by molar-refractivity contribution is 0.215. The molecule has 2 N–H and O–H groups in total. The van der Waals surface area contributed by atoms with Gasteiger partial charge in [-0.3, -0.25) is 15.4 Å². The molecule has 3 aromatic rings. The molecule has 0 saturated carbocycles. The summed E-state index contributed by atoms with van der Waals surface area (Å²) in [6.07, 6.45) is 2.66. The number of carbonyl (C=O) groups is 1. The fourth-order valence-electron chi connectivity index (χ4n) is 1.94. The van der Waals surface area contributed by atoms with Gasteiger partial charge >= 0.3 is 6.09 Å². The van der Waals surface area contributed by atoms with Crippen LogP contribution in [0.1, 0.15) is 0 Å². The van der Waals surface area contributed by atoms with E-state index in [0.717, 1.165) is 5.56 Å². The number of methoxy groups -OCH3 is 1. The normalized spacial score (nSPS) is 10.1. The number of benzene rings is 1. The number of anilines is 1. The lowest BCUT2D eigenvalue weighted by Crippen LogP contribution is -2.16. The lowest BCUT2D eigenvalue weighted by atomic mass is 10.2. The van der Waals surface area contributed by atoms with Crippen LogP contribution < -0.4 is 14.8 Å². The Kier molecular flexibility index (Phi) is 4.19. The van der Waals surface area contributed by atoms with Crippen molar-refractivity contribution < 1.29 is 14.3 Å². The van der Waals surface area contributed by atoms with Crippen molar-refractivity contribution in [3.05, 3.63) is 54.9 Å². The number of ether oxygens (including phenoxy) is 2. The molecule has 3 rings (SSSR count). The van der Waals surface area contributed by atoms with E-state index < -0.39 is 6.09 Å². The first kappa shape index (κ1) is 14.6. The molecule has 7 nitrogen and oxygen atoms in total. The van der Waals surface area contributed by atoms with Crippen molar-refractivity contribution >= 4 is 11.9 Å². The van der Waals surface area contributed by atoms with Gasteiger partial charge in [0.05, 0.1) is 19.0 Å². The number of hydrogen-bond donors (Lipinski definition) is 2. The molecule has 0 saturated heterocycles. The second kappa shape index (κ2) is 6.61. The monoisotopic (exact) mass is 310 g/mol. The van der Waals surface area contributed by atoms with Gasteiger partial charge in [0.25, 0.3) is 0 Å². The van der Waals surface area contributed by atoms with Gasteiger partial charge in [-0.2, -0.15) is 5.10 Å². The molecule has 0 fully saturated rings. The van der Waals surface area contributed by atoms with Crippen LogP contribution in [0.2, 0.25) is 0 Å². The third-order valence-electron chi connectivity index (χ3n) is 3.02. The lowest BCUT2D eigenvalue weighted by Gasteiger charge is -2.03. The van der Waals surface area contributed by atoms with E-state index in [1.807, 2.05) is 12.1 Å². The first-order valence-electron chi connectivity index (χ1n) is 6.83. The highest BCUT2D eigenvalue weighted by Crippen LogP contribution is 2.22. The van der Waals surface area contributed by atoms with E-state index >= 15 is 0 Å². The molecule has 23 heavy (non-hydrogen) atoms. The Bertz CT molecular complexity index is 802. The van der Waals surface area contributed by atoms with Gasteiger partial charge < -0.3 is 9.47 Å². The van der Waals surface area contributed by atoms with Gasteiger partial charge in [0.2, 0.25) is 0 Å². The van der Waals surface area contributed by atoms with Crippen LogP contribution in [0.25, 0.3) is 11.3 Å².